The molecule has 2 N–H and O–H groups in total. The molecular weight excluding hydrogens is 263 g/mol. The van der Waals surface area contributed by atoms with E-state index in [0.717, 1.165) is 16.6 Å². The highest BCUT2D eigenvalue weighted by molar-refractivity contribution is 14.1. The number of halogens is 1. The van der Waals surface area contributed by atoms with Gasteiger partial charge in [-0.05, 0) is 40.8 Å². The Kier molecular flexibility index (Phi) is 1.88. The summed E-state index contributed by atoms with van der Waals surface area (Å²) >= 11 is 2.28. The molecular formula is C9H7IN2. The van der Waals surface area contributed by atoms with Crippen LogP contribution in [-0.2, 0) is 0 Å². The van der Waals surface area contributed by atoms with Gasteiger partial charge in [-0.1, -0.05) is 6.07 Å². The predicted octanol–water partition coefficient (Wildman–Crippen LogP) is 2.42. The average Bonchev–Trinajstić information content (AvgIpc) is 2.12. The van der Waals surface area contributed by atoms with Crippen molar-refractivity contribution in [1.82, 2.24) is 4.98 Å². The number of hydrogen-bond donors (Lipinski definition) is 1. The largest absolute Gasteiger partial charge is 0.397 e. The minimum absolute atomic E-state index is 0.742. The lowest BCUT2D eigenvalue weighted by Crippen LogP contribution is -1.90. The Hall–Kier alpha value is -0.840. The van der Waals surface area contributed by atoms with Crippen molar-refractivity contribution in [2.24, 2.45) is 0 Å². The first-order chi connectivity index (χ1) is 5.79. The van der Waals surface area contributed by atoms with Crippen LogP contribution in [0.5, 0.6) is 0 Å². The van der Waals surface area contributed by atoms with E-state index < -0.39 is 0 Å². The molecule has 2 aromatic rings. The standard InChI is InChI=1S/C9H7IN2/c10-7-3-4-8(11)9-6(7)2-1-5-12-9/h1-5H,11H2. The summed E-state index contributed by atoms with van der Waals surface area (Å²) in [5.74, 6) is 0. The van der Waals surface area contributed by atoms with E-state index in [0.29, 0.717) is 0 Å². The van der Waals surface area contributed by atoms with E-state index in [1.807, 2.05) is 24.3 Å². The highest BCUT2D eigenvalue weighted by Gasteiger charge is 2.00. The molecule has 0 atom stereocenters. The zero-order chi connectivity index (χ0) is 8.55. The number of rotatable bonds is 0. The summed E-state index contributed by atoms with van der Waals surface area (Å²) in [7, 11) is 0. The zero-order valence-electron chi connectivity index (χ0n) is 6.29. The van der Waals surface area contributed by atoms with Gasteiger partial charge in [0.25, 0.3) is 0 Å². The van der Waals surface area contributed by atoms with E-state index in [4.69, 9.17) is 5.73 Å². The summed E-state index contributed by atoms with van der Waals surface area (Å²) in [6, 6.07) is 7.83. The maximum Gasteiger partial charge on any atom is 0.0941 e. The Morgan fingerprint density at radius 1 is 1.25 bits per heavy atom. The third-order valence-corrected chi connectivity index (χ3v) is 2.69. The molecule has 0 aliphatic heterocycles. The van der Waals surface area contributed by atoms with Gasteiger partial charge < -0.3 is 5.73 Å². The third kappa shape index (κ3) is 1.14. The number of nitrogens with two attached hydrogens (primary N) is 1. The number of nitrogens with zero attached hydrogens (tertiary/aromatic N) is 1. The fourth-order valence-corrected chi connectivity index (χ4v) is 1.77. The molecule has 0 unspecified atom stereocenters. The van der Waals surface area contributed by atoms with Gasteiger partial charge in [0.2, 0.25) is 0 Å². The Labute approximate surface area is 83.9 Å². The average molecular weight is 270 g/mol. The van der Waals surface area contributed by atoms with Crippen molar-refractivity contribution in [3.8, 4) is 0 Å². The van der Waals surface area contributed by atoms with Crippen molar-refractivity contribution in [2.75, 3.05) is 5.73 Å². The molecule has 0 fully saturated rings. The van der Waals surface area contributed by atoms with Gasteiger partial charge in [0, 0.05) is 15.2 Å². The van der Waals surface area contributed by atoms with E-state index in [-0.39, 0.29) is 0 Å². The van der Waals surface area contributed by atoms with Crippen molar-refractivity contribution < 1.29 is 0 Å². The molecule has 0 saturated heterocycles. The number of benzene rings is 1. The first kappa shape index (κ1) is 7.79. The molecule has 0 radical (unpaired) electrons. The van der Waals surface area contributed by atoms with E-state index in [1.165, 1.54) is 3.57 Å². The summed E-state index contributed by atoms with van der Waals surface area (Å²) in [5.41, 5.74) is 7.39. The van der Waals surface area contributed by atoms with Gasteiger partial charge in [0.1, 0.15) is 0 Å². The number of pyridine rings is 1. The first-order valence-electron chi connectivity index (χ1n) is 3.58. The lowest BCUT2D eigenvalue weighted by Gasteiger charge is -2.01. The van der Waals surface area contributed by atoms with Gasteiger partial charge in [-0.2, -0.15) is 0 Å². The van der Waals surface area contributed by atoms with Gasteiger partial charge in [0.15, 0.2) is 0 Å². The molecule has 2 nitrogen and oxygen atoms in total. The van der Waals surface area contributed by atoms with E-state index in [9.17, 15) is 0 Å². The summed E-state index contributed by atoms with van der Waals surface area (Å²) in [6.07, 6.45) is 1.76. The predicted molar refractivity (Wildman–Crippen MR) is 58.9 cm³/mol. The third-order valence-electron chi connectivity index (χ3n) is 1.75. The maximum absolute atomic E-state index is 5.76. The van der Waals surface area contributed by atoms with Crippen LogP contribution in [0, 0.1) is 3.57 Å². The van der Waals surface area contributed by atoms with Crippen LogP contribution in [0.3, 0.4) is 0 Å². The van der Waals surface area contributed by atoms with Crippen LogP contribution in [-0.4, -0.2) is 4.98 Å². The quantitative estimate of drug-likeness (QED) is 0.589. The van der Waals surface area contributed by atoms with E-state index in [1.54, 1.807) is 6.20 Å². The number of nitrogen functional groups attached to an aromatic ring is 1. The topological polar surface area (TPSA) is 38.9 Å². The van der Waals surface area contributed by atoms with Crippen molar-refractivity contribution in [3.05, 3.63) is 34.0 Å². The highest BCUT2D eigenvalue weighted by Crippen LogP contribution is 2.23. The van der Waals surface area contributed by atoms with Crippen LogP contribution in [0.25, 0.3) is 10.9 Å². The summed E-state index contributed by atoms with van der Waals surface area (Å²) < 4.78 is 1.19. The molecule has 1 aromatic carbocycles. The van der Waals surface area contributed by atoms with Crippen LogP contribution in [0.1, 0.15) is 0 Å². The van der Waals surface area contributed by atoms with E-state index in [2.05, 4.69) is 27.6 Å². The fraction of sp³-hybridized carbons (Fsp3) is 0. The van der Waals surface area contributed by atoms with Crippen molar-refractivity contribution in [1.29, 1.82) is 0 Å². The Morgan fingerprint density at radius 2 is 2.08 bits per heavy atom. The van der Waals surface area contributed by atoms with Gasteiger partial charge in [-0.25, -0.2) is 0 Å². The zero-order valence-corrected chi connectivity index (χ0v) is 8.45. The smallest absolute Gasteiger partial charge is 0.0941 e. The summed E-state index contributed by atoms with van der Waals surface area (Å²) in [6.45, 7) is 0. The minimum Gasteiger partial charge on any atom is -0.397 e. The summed E-state index contributed by atoms with van der Waals surface area (Å²) in [4.78, 5) is 4.21. The second-order valence-corrected chi connectivity index (χ2v) is 3.70. The Balaban J connectivity index is 2.95. The maximum atomic E-state index is 5.76. The van der Waals surface area contributed by atoms with Gasteiger partial charge in [0.05, 0.1) is 11.2 Å². The highest BCUT2D eigenvalue weighted by atomic mass is 127. The molecule has 0 bridgehead atoms. The van der Waals surface area contributed by atoms with Gasteiger partial charge >= 0.3 is 0 Å². The van der Waals surface area contributed by atoms with Crippen LogP contribution in [0.15, 0.2) is 30.5 Å². The summed E-state index contributed by atoms with van der Waals surface area (Å²) in [5, 5.41) is 1.12. The lowest BCUT2D eigenvalue weighted by atomic mass is 10.2. The molecule has 0 aliphatic carbocycles. The first-order valence-corrected chi connectivity index (χ1v) is 4.65. The minimum atomic E-state index is 0.742. The number of fused-ring (bicyclic) bond motifs is 1. The monoisotopic (exact) mass is 270 g/mol. The van der Waals surface area contributed by atoms with Crippen molar-refractivity contribution in [3.63, 3.8) is 0 Å². The Bertz CT molecular complexity index is 385. The van der Waals surface area contributed by atoms with E-state index >= 15 is 0 Å². The van der Waals surface area contributed by atoms with Crippen LogP contribution < -0.4 is 5.73 Å². The fourth-order valence-electron chi connectivity index (χ4n) is 1.16. The second kappa shape index (κ2) is 2.90. The normalized spacial score (nSPS) is 10.4. The Morgan fingerprint density at radius 3 is 2.83 bits per heavy atom. The van der Waals surface area contributed by atoms with Crippen LogP contribution in [0.2, 0.25) is 0 Å². The van der Waals surface area contributed by atoms with Gasteiger partial charge in [-0.15, -0.1) is 0 Å². The molecule has 60 valence electrons. The molecule has 1 aromatic heterocycles. The molecule has 0 amide bonds. The second-order valence-electron chi connectivity index (χ2n) is 2.54. The van der Waals surface area contributed by atoms with Gasteiger partial charge in [-0.3, -0.25) is 4.98 Å². The SMILES string of the molecule is Nc1ccc(I)c2cccnc12. The van der Waals surface area contributed by atoms with Crippen LogP contribution >= 0.6 is 22.6 Å². The molecule has 12 heavy (non-hydrogen) atoms. The molecule has 0 spiro atoms. The van der Waals surface area contributed by atoms with Crippen LogP contribution in [0.4, 0.5) is 5.69 Å². The number of hydrogen-bond acceptors (Lipinski definition) is 2. The molecule has 2 rings (SSSR count). The molecule has 0 aliphatic rings. The lowest BCUT2D eigenvalue weighted by molar-refractivity contribution is 1.41. The number of aromatic nitrogens is 1. The van der Waals surface area contributed by atoms with Crippen molar-refractivity contribution >= 4 is 39.2 Å². The van der Waals surface area contributed by atoms with Crippen molar-refractivity contribution in [2.45, 2.75) is 0 Å². The number of anilines is 1. The molecule has 0 saturated carbocycles. The molecule has 1 heterocycles. The molecule has 3 heteroatoms.